The molecule has 0 saturated carbocycles. The van der Waals surface area contributed by atoms with Crippen molar-refractivity contribution in [1.82, 2.24) is 9.55 Å². The molecule has 2 heterocycles. The third kappa shape index (κ3) is 4.34. The van der Waals surface area contributed by atoms with E-state index in [1.807, 2.05) is 13.8 Å². The first-order valence-corrected chi connectivity index (χ1v) is 10.5. The zero-order valence-electron chi connectivity index (χ0n) is 15.6. The second kappa shape index (κ2) is 8.70. The number of benzene rings is 1. The highest BCUT2D eigenvalue weighted by atomic mass is 32.2. The van der Waals surface area contributed by atoms with Gasteiger partial charge >= 0.3 is 0 Å². The number of rotatable bonds is 7. The number of allylic oxidation sites excluding steroid dienone is 1. The molecule has 0 unspecified atom stereocenters. The van der Waals surface area contributed by atoms with E-state index in [1.165, 1.54) is 47.4 Å². The summed E-state index contributed by atoms with van der Waals surface area (Å²) < 4.78 is 14.5. The first-order valence-electron chi connectivity index (χ1n) is 8.70. The van der Waals surface area contributed by atoms with E-state index in [9.17, 15) is 14.0 Å². The molecule has 3 aromatic rings. The van der Waals surface area contributed by atoms with Gasteiger partial charge in [-0.3, -0.25) is 14.2 Å². The van der Waals surface area contributed by atoms with Crippen molar-refractivity contribution < 1.29 is 9.18 Å². The van der Waals surface area contributed by atoms with Crippen LogP contribution in [0.4, 0.5) is 10.1 Å². The van der Waals surface area contributed by atoms with Crippen molar-refractivity contribution in [3.05, 3.63) is 63.5 Å². The highest BCUT2D eigenvalue weighted by Gasteiger charge is 2.16. The predicted octanol–water partition coefficient (Wildman–Crippen LogP) is 4.52. The topological polar surface area (TPSA) is 64.0 Å². The molecular weight excluding hydrogens is 397 g/mol. The van der Waals surface area contributed by atoms with Gasteiger partial charge in [0, 0.05) is 29.3 Å². The molecule has 1 aromatic carbocycles. The lowest BCUT2D eigenvalue weighted by Gasteiger charge is -2.10. The Labute approximate surface area is 170 Å². The Balaban J connectivity index is 1.73. The number of nitrogens with one attached hydrogen (secondary N) is 1. The van der Waals surface area contributed by atoms with Gasteiger partial charge in [0.25, 0.3) is 5.56 Å². The normalized spacial score (nSPS) is 11.0. The molecule has 3 rings (SSSR count). The second-order valence-corrected chi connectivity index (χ2v) is 8.48. The van der Waals surface area contributed by atoms with Gasteiger partial charge in [-0.05, 0) is 43.7 Å². The van der Waals surface area contributed by atoms with Crippen molar-refractivity contribution in [2.24, 2.45) is 0 Å². The Morgan fingerprint density at radius 3 is 2.75 bits per heavy atom. The number of aryl methyl sites for hydroxylation is 2. The lowest BCUT2D eigenvalue weighted by molar-refractivity contribution is -0.115. The zero-order valence-corrected chi connectivity index (χ0v) is 17.3. The van der Waals surface area contributed by atoms with Crippen LogP contribution in [0.25, 0.3) is 10.2 Å². The van der Waals surface area contributed by atoms with Gasteiger partial charge in [-0.25, -0.2) is 9.37 Å². The van der Waals surface area contributed by atoms with Gasteiger partial charge in [0.1, 0.15) is 10.6 Å². The summed E-state index contributed by atoms with van der Waals surface area (Å²) in [5.74, 6) is -0.0688. The predicted molar refractivity (Wildman–Crippen MR) is 114 cm³/mol. The molecule has 0 aliphatic heterocycles. The van der Waals surface area contributed by atoms with Crippen LogP contribution in [-0.4, -0.2) is 21.2 Å². The summed E-state index contributed by atoms with van der Waals surface area (Å²) in [5.41, 5.74) is 1.43. The summed E-state index contributed by atoms with van der Waals surface area (Å²) >= 11 is 2.87. The van der Waals surface area contributed by atoms with E-state index in [0.29, 0.717) is 28.5 Å². The molecule has 0 fully saturated rings. The Kier molecular flexibility index (Phi) is 6.31. The molecule has 0 spiro atoms. The summed E-state index contributed by atoms with van der Waals surface area (Å²) in [7, 11) is 0. The Bertz CT molecular complexity index is 1090. The monoisotopic (exact) mass is 417 g/mol. The molecule has 8 heteroatoms. The lowest BCUT2D eigenvalue weighted by Crippen LogP contribution is -2.23. The van der Waals surface area contributed by atoms with Gasteiger partial charge in [-0.2, -0.15) is 0 Å². The van der Waals surface area contributed by atoms with E-state index in [0.717, 1.165) is 15.3 Å². The molecule has 0 atom stereocenters. The van der Waals surface area contributed by atoms with Gasteiger partial charge in [-0.1, -0.05) is 17.8 Å². The van der Waals surface area contributed by atoms with Gasteiger partial charge in [0.05, 0.1) is 5.39 Å². The van der Waals surface area contributed by atoms with Gasteiger partial charge in [-0.15, -0.1) is 17.9 Å². The Morgan fingerprint density at radius 2 is 2.07 bits per heavy atom. The van der Waals surface area contributed by atoms with E-state index in [2.05, 4.69) is 16.9 Å². The van der Waals surface area contributed by atoms with Crippen molar-refractivity contribution in [2.45, 2.75) is 32.0 Å². The lowest BCUT2D eigenvalue weighted by atomic mass is 10.2. The smallest absolute Gasteiger partial charge is 0.263 e. The van der Waals surface area contributed by atoms with Crippen molar-refractivity contribution in [3.8, 4) is 0 Å². The maximum atomic E-state index is 12.9. The maximum absolute atomic E-state index is 12.9. The molecular formula is C20H20FN3O2S2. The molecule has 0 radical (unpaired) electrons. The average Bonchev–Trinajstić information content (AvgIpc) is 2.94. The molecule has 1 N–H and O–H groups in total. The number of carbonyl (C=O) groups excluding carboxylic acids is 1. The van der Waals surface area contributed by atoms with Gasteiger partial charge < -0.3 is 5.32 Å². The highest BCUT2D eigenvalue weighted by molar-refractivity contribution is 7.99. The summed E-state index contributed by atoms with van der Waals surface area (Å²) in [4.78, 5) is 31.4. The SMILES string of the molecule is C=CCn1c(SCCC(=O)Nc2ccc(F)cc2)nc2sc(C)c(C)c2c1=O. The first-order chi connectivity index (χ1) is 13.4. The van der Waals surface area contributed by atoms with Gasteiger partial charge in [0.15, 0.2) is 5.16 Å². The minimum absolute atomic E-state index is 0.0787. The number of anilines is 1. The van der Waals surface area contributed by atoms with Crippen LogP contribution >= 0.6 is 23.1 Å². The van der Waals surface area contributed by atoms with Crippen molar-refractivity contribution in [1.29, 1.82) is 0 Å². The minimum atomic E-state index is -0.353. The Hall–Kier alpha value is -2.45. The Morgan fingerprint density at radius 1 is 1.36 bits per heavy atom. The van der Waals surface area contributed by atoms with Gasteiger partial charge in [0.2, 0.25) is 5.91 Å². The van der Waals surface area contributed by atoms with E-state index in [1.54, 1.807) is 10.6 Å². The van der Waals surface area contributed by atoms with Crippen molar-refractivity contribution >= 4 is 44.9 Å². The van der Waals surface area contributed by atoms with Crippen LogP contribution in [0, 0.1) is 19.7 Å². The molecule has 2 aromatic heterocycles. The molecule has 0 aliphatic carbocycles. The summed E-state index contributed by atoms with van der Waals surface area (Å²) in [6.45, 7) is 7.99. The van der Waals surface area contributed by atoms with E-state index < -0.39 is 0 Å². The van der Waals surface area contributed by atoms with E-state index in [4.69, 9.17) is 0 Å². The molecule has 0 saturated heterocycles. The number of thiophene rings is 1. The number of carbonyl (C=O) groups is 1. The van der Waals surface area contributed by atoms with Crippen LogP contribution in [0.15, 0.2) is 46.9 Å². The number of nitrogens with zero attached hydrogens (tertiary/aromatic N) is 2. The molecule has 1 amide bonds. The summed E-state index contributed by atoms with van der Waals surface area (Å²) in [5, 5.41) is 3.96. The molecule has 0 aliphatic rings. The molecule has 0 bridgehead atoms. The fraction of sp³-hybridized carbons (Fsp3) is 0.250. The van der Waals surface area contributed by atoms with Crippen LogP contribution in [-0.2, 0) is 11.3 Å². The highest BCUT2D eigenvalue weighted by Crippen LogP contribution is 2.28. The average molecular weight is 418 g/mol. The van der Waals surface area contributed by atoms with Crippen LogP contribution in [0.2, 0.25) is 0 Å². The number of hydrogen-bond acceptors (Lipinski definition) is 5. The van der Waals surface area contributed by atoms with Crippen LogP contribution in [0.3, 0.4) is 0 Å². The number of aromatic nitrogens is 2. The van der Waals surface area contributed by atoms with Crippen LogP contribution < -0.4 is 10.9 Å². The number of thioether (sulfide) groups is 1. The fourth-order valence-electron chi connectivity index (χ4n) is 2.70. The number of hydrogen-bond donors (Lipinski definition) is 1. The number of amides is 1. The maximum Gasteiger partial charge on any atom is 0.263 e. The minimum Gasteiger partial charge on any atom is -0.326 e. The molecule has 146 valence electrons. The van der Waals surface area contributed by atoms with Crippen LogP contribution in [0.5, 0.6) is 0 Å². The summed E-state index contributed by atoms with van der Waals surface area (Å²) in [6, 6.07) is 5.61. The molecule has 5 nitrogen and oxygen atoms in total. The third-order valence-corrected chi connectivity index (χ3v) is 6.33. The standard InChI is InChI=1S/C20H20FN3O2S2/c1-4-10-24-19(26)17-12(2)13(3)28-18(17)23-20(24)27-11-9-16(25)22-15-7-5-14(21)6-8-15/h4-8H,1,9-11H2,2-3H3,(H,22,25). The summed E-state index contributed by atoms with van der Waals surface area (Å²) in [6.07, 6.45) is 1.90. The second-order valence-electron chi connectivity index (χ2n) is 6.22. The van der Waals surface area contributed by atoms with Crippen molar-refractivity contribution in [2.75, 3.05) is 11.1 Å². The van der Waals surface area contributed by atoms with E-state index in [-0.39, 0.29) is 23.7 Å². The first kappa shape index (κ1) is 20.3. The van der Waals surface area contributed by atoms with E-state index >= 15 is 0 Å². The zero-order chi connectivity index (χ0) is 20.3. The number of fused-ring (bicyclic) bond motifs is 1. The molecule has 28 heavy (non-hydrogen) atoms. The van der Waals surface area contributed by atoms with Crippen molar-refractivity contribution in [3.63, 3.8) is 0 Å². The quantitative estimate of drug-likeness (QED) is 0.349. The van der Waals surface area contributed by atoms with Crippen LogP contribution in [0.1, 0.15) is 16.9 Å². The third-order valence-electron chi connectivity index (χ3n) is 4.25. The largest absolute Gasteiger partial charge is 0.326 e. The number of halogens is 1. The fourth-order valence-corrected chi connectivity index (χ4v) is 4.72.